The number of carbonyl (C=O) groups is 1. The normalized spacial score (nSPS) is 11.9. The van der Waals surface area contributed by atoms with Crippen LogP contribution < -0.4 is 4.74 Å². The Hall–Kier alpha value is -2.29. The molecule has 0 spiro atoms. The van der Waals surface area contributed by atoms with Crippen LogP contribution >= 0.6 is 0 Å². The molecule has 1 N–H and O–H groups in total. The number of rotatable bonds is 5. The van der Waals surface area contributed by atoms with Gasteiger partial charge < -0.3 is 9.84 Å². The zero-order chi connectivity index (χ0) is 14.5. The van der Waals surface area contributed by atoms with Crippen molar-refractivity contribution in [3.8, 4) is 5.75 Å². The summed E-state index contributed by atoms with van der Waals surface area (Å²) >= 11 is 0. The average Bonchev–Trinajstić information content (AvgIpc) is 2.41. The topological polar surface area (TPSA) is 46.5 Å². The van der Waals surface area contributed by atoms with Crippen LogP contribution in [-0.4, -0.2) is 17.7 Å². The van der Waals surface area contributed by atoms with Crippen LogP contribution in [0, 0.1) is 13.8 Å². The van der Waals surface area contributed by atoms with E-state index in [9.17, 15) is 9.90 Å². The van der Waals surface area contributed by atoms with Crippen LogP contribution in [0.1, 0.15) is 22.6 Å². The van der Waals surface area contributed by atoms with Gasteiger partial charge in [0.15, 0.2) is 0 Å². The summed E-state index contributed by atoms with van der Waals surface area (Å²) in [4.78, 5) is 11.4. The molecule has 104 valence electrons. The Morgan fingerprint density at radius 3 is 2.40 bits per heavy atom. The molecule has 0 aliphatic carbocycles. The number of benzene rings is 2. The summed E-state index contributed by atoms with van der Waals surface area (Å²) in [7, 11) is 0. The van der Waals surface area contributed by atoms with Gasteiger partial charge in [-0.15, -0.1) is 0 Å². The number of carboxylic acids is 1. The Morgan fingerprint density at radius 1 is 1.10 bits per heavy atom. The van der Waals surface area contributed by atoms with E-state index in [0.29, 0.717) is 5.75 Å². The molecule has 2 aromatic rings. The Kier molecular flexibility index (Phi) is 4.41. The van der Waals surface area contributed by atoms with Crippen molar-refractivity contribution >= 4 is 5.97 Å². The lowest BCUT2D eigenvalue weighted by Crippen LogP contribution is -2.19. The van der Waals surface area contributed by atoms with Crippen molar-refractivity contribution in [3.05, 3.63) is 65.2 Å². The molecule has 2 rings (SSSR count). The Labute approximate surface area is 118 Å². The first-order valence-electron chi connectivity index (χ1n) is 6.55. The standard InChI is InChI=1S/C17H18O3/c1-12-6-8-15(9-7-12)20-11-16(17(18)19)14-5-3-4-13(2)10-14/h3-10,16H,11H2,1-2H3,(H,18,19). The van der Waals surface area contributed by atoms with Crippen molar-refractivity contribution in [3.63, 3.8) is 0 Å². The maximum Gasteiger partial charge on any atom is 0.314 e. The predicted octanol–water partition coefficient (Wildman–Crippen LogP) is 3.55. The van der Waals surface area contributed by atoms with Gasteiger partial charge in [0.2, 0.25) is 0 Å². The molecule has 0 bridgehead atoms. The van der Waals surface area contributed by atoms with E-state index in [1.165, 1.54) is 0 Å². The molecule has 0 saturated carbocycles. The molecule has 0 aliphatic heterocycles. The van der Waals surface area contributed by atoms with E-state index in [1.807, 2.05) is 62.4 Å². The van der Waals surface area contributed by atoms with Crippen molar-refractivity contribution in [1.82, 2.24) is 0 Å². The van der Waals surface area contributed by atoms with Gasteiger partial charge in [-0.05, 0) is 31.5 Å². The molecular formula is C17H18O3. The first-order valence-corrected chi connectivity index (χ1v) is 6.55. The van der Waals surface area contributed by atoms with Crippen molar-refractivity contribution in [2.45, 2.75) is 19.8 Å². The molecule has 0 amide bonds. The molecule has 20 heavy (non-hydrogen) atoms. The largest absolute Gasteiger partial charge is 0.492 e. The Bertz CT molecular complexity index is 587. The fraction of sp³-hybridized carbons (Fsp3) is 0.235. The summed E-state index contributed by atoms with van der Waals surface area (Å²) in [6.45, 7) is 4.07. The van der Waals surface area contributed by atoms with Crippen LogP contribution in [0.15, 0.2) is 48.5 Å². The minimum atomic E-state index is -0.872. The van der Waals surface area contributed by atoms with E-state index in [0.717, 1.165) is 16.7 Å². The third kappa shape index (κ3) is 3.60. The van der Waals surface area contributed by atoms with E-state index in [1.54, 1.807) is 0 Å². The van der Waals surface area contributed by atoms with Crippen molar-refractivity contribution in [2.75, 3.05) is 6.61 Å². The molecule has 0 aromatic heterocycles. The van der Waals surface area contributed by atoms with E-state index in [4.69, 9.17) is 4.74 Å². The molecule has 3 nitrogen and oxygen atoms in total. The summed E-state index contributed by atoms with van der Waals surface area (Å²) in [6.07, 6.45) is 0. The van der Waals surface area contributed by atoms with E-state index < -0.39 is 11.9 Å². The minimum Gasteiger partial charge on any atom is -0.492 e. The summed E-state index contributed by atoms with van der Waals surface area (Å²) < 4.78 is 5.60. The average molecular weight is 270 g/mol. The molecule has 0 saturated heterocycles. The Balaban J connectivity index is 2.10. The Morgan fingerprint density at radius 2 is 1.80 bits per heavy atom. The van der Waals surface area contributed by atoms with Gasteiger partial charge in [-0.2, -0.15) is 0 Å². The second-order valence-electron chi connectivity index (χ2n) is 4.93. The summed E-state index contributed by atoms with van der Waals surface area (Å²) in [6, 6.07) is 15.1. The quantitative estimate of drug-likeness (QED) is 0.903. The number of hydrogen-bond donors (Lipinski definition) is 1. The molecule has 2 aromatic carbocycles. The van der Waals surface area contributed by atoms with Gasteiger partial charge in [-0.25, -0.2) is 0 Å². The highest BCUT2D eigenvalue weighted by atomic mass is 16.5. The SMILES string of the molecule is Cc1ccc(OCC(C(=O)O)c2cccc(C)c2)cc1. The zero-order valence-electron chi connectivity index (χ0n) is 11.7. The van der Waals surface area contributed by atoms with Crippen LogP contribution in [-0.2, 0) is 4.79 Å². The summed E-state index contributed by atoms with van der Waals surface area (Å²) in [5.41, 5.74) is 2.96. The number of ether oxygens (including phenoxy) is 1. The van der Waals surface area contributed by atoms with Crippen LogP contribution in [0.3, 0.4) is 0 Å². The monoisotopic (exact) mass is 270 g/mol. The molecule has 1 atom stereocenters. The summed E-state index contributed by atoms with van der Waals surface area (Å²) in [5, 5.41) is 9.36. The van der Waals surface area contributed by atoms with Gasteiger partial charge in [0.25, 0.3) is 0 Å². The lowest BCUT2D eigenvalue weighted by Gasteiger charge is -2.14. The van der Waals surface area contributed by atoms with Gasteiger partial charge >= 0.3 is 5.97 Å². The number of aliphatic carboxylic acids is 1. The lowest BCUT2D eigenvalue weighted by atomic mass is 9.98. The first-order chi connectivity index (χ1) is 9.56. The number of hydrogen-bond acceptors (Lipinski definition) is 2. The van der Waals surface area contributed by atoms with E-state index in [2.05, 4.69) is 0 Å². The lowest BCUT2D eigenvalue weighted by molar-refractivity contribution is -0.139. The molecular weight excluding hydrogens is 252 g/mol. The first kappa shape index (κ1) is 14.1. The minimum absolute atomic E-state index is 0.127. The molecule has 0 radical (unpaired) electrons. The van der Waals surface area contributed by atoms with Crippen molar-refractivity contribution < 1.29 is 14.6 Å². The molecule has 0 fully saturated rings. The maximum absolute atomic E-state index is 11.4. The number of carboxylic acid groups (broad SMARTS) is 1. The zero-order valence-corrected chi connectivity index (χ0v) is 11.7. The van der Waals surface area contributed by atoms with Gasteiger partial charge in [-0.3, -0.25) is 4.79 Å². The second kappa shape index (κ2) is 6.24. The van der Waals surface area contributed by atoms with Gasteiger partial charge in [-0.1, -0.05) is 47.5 Å². The van der Waals surface area contributed by atoms with Crippen LogP contribution in [0.5, 0.6) is 5.75 Å². The highest BCUT2D eigenvalue weighted by molar-refractivity contribution is 5.76. The van der Waals surface area contributed by atoms with Gasteiger partial charge in [0, 0.05) is 0 Å². The summed E-state index contributed by atoms with van der Waals surface area (Å²) in [5.74, 6) is -0.839. The second-order valence-corrected chi connectivity index (χ2v) is 4.93. The van der Waals surface area contributed by atoms with Crippen LogP contribution in [0.25, 0.3) is 0 Å². The van der Waals surface area contributed by atoms with Gasteiger partial charge in [0.1, 0.15) is 18.3 Å². The van der Waals surface area contributed by atoms with Crippen molar-refractivity contribution in [1.29, 1.82) is 0 Å². The van der Waals surface area contributed by atoms with Crippen LogP contribution in [0.2, 0.25) is 0 Å². The number of aryl methyl sites for hydroxylation is 2. The van der Waals surface area contributed by atoms with E-state index in [-0.39, 0.29) is 6.61 Å². The molecule has 3 heteroatoms. The highest BCUT2D eigenvalue weighted by Gasteiger charge is 2.20. The maximum atomic E-state index is 11.4. The predicted molar refractivity (Wildman–Crippen MR) is 78.2 cm³/mol. The van der Waals surface area contributed by atoms with E-state index >= 15 is 0 Å². The van der Waals surface area contributed by atoms with Gasteiger partial charge in [0.05, 0.1) is 0 Å². The molecule has 1 unspecified atom stereocenters. The fourth-order valence-corrected chi connectivity index (χ4v) is 2.01. The third-order valence-electron chi connectivity index (χ3n) is 3.18. The fourth-order valence-electron chi connectivity index (χ4n) is 2.01. The molecule has 0 heterocycles. The smallest absolute Gasteiger partial charge is 0.314 e. The van der Waals surface area contributed by atoms with Crippen LogP contribution in [0.4, 0.5) is 0 Å². The molecule has 0 aliphatic rings. The third-order valence-corrected chi connectivity index (χ3v) is 3.18. The highest BCUT2D eigenvalue weighted by Crippen LogP contribution is 2.20. The van der Waals surface area contributed by atoms with Crippen molar-refractivity contribution in [2.24, 2.45) is 0 Å².